The van der Waals surface area contributed by atoms with Gasteiger partial charge >= 0.3 is 0 Å². The first-order chi connectivity index (χ1) is 13.3. The minimum absolute atomic E-state index is 0.0910. The lowest BCUT2D eigenvalue weighted by Crippen LogP contribution is -2.16. The van der Waals surface area contributed by atoms with E-state index >= 15 is 0 Å². The van der Waals surface area contributed by atoms with E-state index in [0.29, 0.717) is 5.56 Å². The van der Waals surface area contributed by atoms with Gasteiger partial charge in [0.1, 0.15) is 5.69 Å². The highest BCUT2D eigenvalue weighted by Gasteiger charge is 2.19. The van der Waals surface area contributed by atoms with Crippen LogP contribution < -0.4 is 5.32 Å². The summed E-state index contributed by atoms with van der Waals surface area (Å²) in [6, 6.07) is 11.4. The quantitative estimate of drug-likeness (QED) is 0.333. The van der Waals surface area contributed by atoms with Crippen LogP contribution in [0.3, 0.4) is 0 Å². The van der Waals surface area contributed by atoms with Gasteiger partial charge in [0.2, 0.25) is 5.91 Å². The molecule has 144 valence electrons. The van der Waals surface area contributed by atoms with Crippen LogP contribution in [0.25, 0.3) is 11.3 Å². The van der Waals surface area contributed by atoms with Crippen molar-refractivity contribution in [3.05, 3.63) is 68.6 Å². The van der Waals surface area contributed by atoms with E-state index in [9.17, 15) is 14.9 Å². The number of aryl methyl sites for hydroxylation is 3. The number of anilines is 1. The van der Waals surface area contributed by atoms with Crippen molar-refractivity contribution in [1.82, 2.24) is 4.98 Å². The number of nitrogens with zero attached hydrogens (tertiary/aromatic N) is 2. The molecule has 0 spiro atoms. The Bertz CT molecular complexity index is 1030. The molecule has 0 atom stereocenters. The molecule has 0 radical (unpaired) electrons. The van der Waals surface area contributed by atoms with Gasteiger partial charge in [-0.25, -0.2) is 4.98 Å². The topological polar surface area (TPSA) is 85.1 Å². The third-order valence-corrected chi connectivity index (χ3v) is 6.10. The number of thioether (sulfide) groups is 1. The lowest BCUT2D eigenvalue weighted by Gasteiger charge is -2.09. The van der Waals surface area contributed by atoms with E-state index in [-0.39, 0.29) is 23.0 Å². The Labute approximate surface area is 171 Å². The summed E-state index contributed by atoms with van der Waals surface area (Å²) >= 11 is 2.79. The largest absolute Gasteiger partial charge is 0.319 e. The molecule has 1 N–H and O–H groups in total. The van der Waals surface area contributed by atoms with Crippen LogP contribution in [0.2, 0.25) is 0 Å². The molecular weight excluding hydrogens is 394 g/mol. The number of rotatable bonds is 6. The third kappa shape index (κ3) is 4.76. The Morgan fingerprint density at radius 1 is 1.18 bits per heavy atom. The van der Waals surface area contributed by atoms with Crippen molar-refractivity contribution in [2.75, 3.05) is 11.1 Å². The molecule has 3 rings (SSSR count). The zero-order chi connectivity index (χ0) is 20.3. The SMILES string of the molecule is Cc1ccc(-c2csc(SCC(=O)Nc3c(C)cc(C)cc3[N+](=O)[O-])n2)cc1. The molecule has 0 aliphatic carbocycles. The molecule has 1 aromatic heterocycles. The van der Waals surface area contributed by atoms with Crippen molar-refractivity contribution >= 4 is 40.4 Å². The molecule has 0 unspecified atom stereocenters. The van der Waals surface area contributed by atoms with Crippen molar-refractivity contribution < 1.29 is 9.72 Å². The van der Waals surface area contributed by atoms with Gasteiger partial charge in [-0.05, 0) is 31.9 Å². The maximum absolute atomic E-state index is 12.3. The molecule has 3 aromatic rings. The van der Waals surface area contributed by atoms with E-state index in [0.717, 1.165) is 21.2 Å². The second-order valence-electron chi connectivity index (χ2n) is 6.43. The predicted octanol–water partition coefficient (Wildman–Crippen LogP) is 5.37. The van der Waals surface area contributed by atoms with Crippen LogP contribution in [0.15, 0.2) is 46.1 Å². The molecular formula is C20H19N3O3S2. The molecule has 0 aliphatic heterocycles. The molecule has 8 heteroatoms. The highest BCUT2D eigenvalue weighted by atomic mass is 32.2. The van der Waals surface area contributed by atoms with Crippen LogP contribution in [0.4, 0.5) is 11.4 Å². The van der Waals surface area contributed by atoms with E-state index in [2.05, 4.69) is 10.3 Å². The Balaban J connectivity index is 1.66. The first kappa shape index (κ1) is 20.0. The molecule has 28 heavy (non-hydrogen) atoms. The van der Waals surface area contributed by atoms with Gasteiger partial charge in [0.05, 0.1) is 16.4 Å². The van der Waals surface area contributed by atoms with Gasteiger partial charge in [0, 0.05) is 17.0 Å². The van der Waals surface area contributed by atoms with Gasteiger partial charge in [-0.3, -0.25) is 14.9 Å². The van der Waals surface area contributed by atoms with Crippen LogP contribution in [0.1, 0.15) is 16.7 Å². The number of amides is 1. The number of carbonyl (C=O) groups is 1. The van der Waals surface area contributed by atoms with Gasteiger partial charge in [-0.2, -0.15) is 0 Å². The lowest BCUT2D eigenvalue weighted by molar-refractivity contribution is -0.384. The number of hydrogen-bond donors (Lipinski definition) is 1. The molecule has 2 aromatic carbocycles. The summed E-state index contributed by atoms with van der Waals surface area (Å²) in [5.74, 6) is -0.169. The molecule has 6 nitrogen and oxygen atoms in total. The molecule has 1 amide bonds. The number of aromatic nitrogens is 1. The van der Waals surface area contributed by atoms with Crippen molar-refractivity contribution in [3.8, 4) is 11.3 Å². The van der Waals surface area contributed by atoms with Crippen molar-refractivity contribution in [3.63, 3.8) is 0 Å². The second-order valence-corrected chi connectivity index (χ2v) is 8.52. The fourth-order valence-electron chi connectivity index (χ4n) is 2.74. The minimum atomic E-state index is -0.475. The molecule has 0 bridgehead atoms. The van der Waals surface area contributed by atoms with Crippen LogP contribution in [0, 0.1) is 30.9 Å². The number of nitro benzene ring substituents is 1. The fraction of sp³-hybridized carbons (Fsp3) is 0.200. The summed E-state index contributed by atoms with van der Waals surface area (Å²) in [5, 5.41) is 15.9. The molecule has 0 aliphatic rings. The average Bonchev–Trinajstić information content (AvgIpc) is 3.11. The van der Waals surface area contributed by atoms with Crippen LogP contribution in [-0.4, -0.2) is 21.6 Å². The van der Waals surface area contributed by atoms with Gasteiger partial charge < -0.3 is 5.32 Å². The monoisotopic (exact) mass is 413 g/mol. The van der Waals surface area contributed by atoms with Crippen LogP contribution in [0.5, 0.6) is 0 Å². The minimum Gasteiger partial charge on any atom is -0.319 e. The zero-order valence-corrected chi connectivity index (χ0v) is 17.3. The summed E-state index contributed by atoms with van der Waals surface area (Å²) < 4.78 is 0.779. The number of carbonyl (C=O) groups excluding carboxylic acids is 1. The number of nitro groups is 1. The molecule has 0 saturated heterocycles. The first-order valence-electron chi connectivity index (χ1n) is 8.54. The summed E-state index contributed by atoms with van der Waals surface area (Å²) in [7, 11) is 0. The van der Waals surface area contributed by atoms with Gasteiger partial charge in [-0.1, -0.05) is 47.7 Å². The van der Waals surface area contributed by atoms with Gasteiger partial charge in [0.15, 0.2) is 4.34 Å². The highest BCUT2D eigenvalue weighted by Crippen LogP contribution is 2.31. The van der Waals surface area contributed by atoms with E-state index in [1.54, 1.807) is 13.8 Å². The normalized spacial score (nSPS) is 10.7. The second kappa shape index (κ2) is 8.53. The Hall–Kier alpha value is -2.71. The predicted molar refractivity (Wildman–Crippen MR) is 114 cm³/mol. The maximum atomic E-state index is 12.3. The summed E-state index contributed by atoms with van der Waals surface area (Å²) in [4.78, 5) is 27.7. The van der Waals surface area contributed by atoms with E-state index in [1.165, 1.54) is 34.7 Å². The van der Waals surface area contributed by atoms with Gasteiger partial charge in [-0.15, -0.1) is 11.3 Å². The van der Waals surface area contributed by atoms with Gasteiger partial charge in [0.25, 0.3) is 5.69 Å². The third-order valence-electron chi connectivity index (χ3n) is 4.08. The first-order valence-corrected chi connectivity index (χ1v) is 10.4. The van der Waals surface area contributed by atoms with Crippen molar-refractivity contribution in [2.45, 2.75) is 25.1 Å². The van der Waals surface area contributed by atoms with E-state index < -0.39 is 4.92 Å². The molecule has 1 heterocycles. The van der Waals surface area contributed by atoms with Crippen molar-refractivity contribution in [1.29, 1.82) is 0 Å². The number of nitrogens with one attached hydrogen (secondary N) is 1. The average molecular weight is 414 g/mol. The molecule has 0 saturated carbocycles. The lowest BCUT2D eigenvalue weighted by atomic mass is 10.1. The maximum Gasteiger partial charge on any atom is 0.293 e. The van der Waals surface area contributed by atoms with Crippen molar-refractivity contribution in [2.24, 2.45) is 0 Å². The Morgan fingerprint density at radius 2 is 1.89 bits per heavy atom. The summed E-state index contributed by atoms with van der Waals surface area (Å²) in [5.41, 5.74) is 4.70. The van der Waals surface area contributed by atoms with Crippen LogP contribution >= 0.6 is 23.1 Å². The Morgan fingerprint density at radius 3 is 2.57 bits per heavy atom. The zero-order valence-electron chi connectivity index (χ0n) is 15.7. The Kier molecular flexibility index (Phi) is 6.11. The number of hydrogen-bond acceptors (Lipinski definition) is 6. The fourth-order valence-corrected chi connectivity index (χ4v) is 4.37. The number of benzene rings is 2. The number of thiazole rings is 1. The smallest absolute Gasteiger partial charge is 0.293 e. The molecule has 0 fully saturated rings. The highest BCUT2D eigenvalue weighted by molar-refractivity contribution is 8.01. The standard InChI is InChI=1S/C20H19N3O3S2/c1-12-4-6-15(7-5-12)16-10-27-20(21-16)28-11-18(24)22-19-14(3)8-13(2)9-17(19)23(25)26/h4-10H,11H2,1-3H3,(H,22,24). The summed E-state index contributed by atoms with van der Waals surface area (Å²) in [6.07, 6.45) is 0. The van der Waals surface area contributed by atoms with E-state index in [4.69, 9.17) is 0 Å². The summed E-state index contributed by atoms with van der Waals surface area (Å²) in [6.45, 7) is 5.57. The van der Waals surface area contributed by atoms with Crippen LogP contribution in [-0.2, 0) is 4.79 Å². The van der Waals surface area contributed by atoms with E-state index in [1.807, 2.05) is 42.6 Å².